The molecule has 1 aliphatic rings. The molecule has 0 radical (unpaired) electrons. The molecule has 0 atom stereocenters. The Balaban J connectivity index is 1.73. The van der Waals surface area contributed by atoms with E-state index < -0.39 is 12.0 Å². The number of carboxylic acid groups (broad SMARTS) is 1. The molecule has 1 aliphatic carbocycles. The zero-order valence-electron chi connectivity index (χ0n) is 15.4. The van der Waals surface area contributed by atoms with Gasteiger partial charge >= 0.3 is 12.0 Å². The third-order valence-corrected chi connectivity index (χ3v) is 5.38. The van der Waals surface area contributed by atoms with Crippen molar-refractivity contribution in [2.45, 2.75) is 32.1 Å². The van der Waals surface area contributed by atoms with Crippen LogP contribution >= 0.6 is 11.3 Å². The van der Waals surface area contributed by atoms with E-state index in [2.05, 4.69) is 15.6 Å². The standard InChI is InChI=1S/C19H21N3O5S/c1-27-13-6-7-15(14(9-13)17(25)11-4-2-3-5-11)21-18(26)22-19-20-12(10-28-19)8-16(23)24/h6-7,9-11H,2-5,8H2,1H3,(H,23,24)(H2,20,21,22,26). The lowest BCUT2D eigenvalue weighted by atomic mass is 9.95. The van der Waals surface area contributed by atoms with E-state index in [4.69, 9.17) is 9.84 Å². The summed E-state index contributed by atoms with van der Waals surface area (Å²) < 4.78 is 5.22. The molecule has 1 heterocycles. The molecule has 0 aliphatic heterocycles. The van der Waals surface area contributed by atoms with E-state index in [9.17, 15) is 14.4 Å². The van der Waals surface area contributed by atoms with Gasteiger partial charge in [0.05, 0.1) is 24.9 Å². The molecule has 0 saturated heterocycles. The summed E-state index contributed by atoms with van der Waals surface area (Å²) in [6.07, 6.45) is 3.57. The molecule has 8 nitrogen and oxygen atoms in total. The quantitative estimate of drug-likeness (QED) is 0.605. The maximum Gasteiger partial charge on any atom is 0.325 e. The van der Waals surface area contributed by atoms with Gasteiger partial charge < -0.3 is 15.2 Å². The Bertz CT molecular complexity index is 889. The van der Waals surface area contributed by atoms with Crippen LogP contribution in [0.2, 0.25) is 0 Å². The second kappa shape index (κ2) is 8.83. The lowest BCUT2D eigenvalue weighted by molar-refractivity contribution is -0.136. The Kier molecular flexibility index (Phi) is 6.25. The van der Waals surface area contributed by atoms with Crippen LogP contribution in [0.1, 0.15) is 41.7 Å². The fourth-order valence-electron chi connectivity index (χ4n) is 3.22. The molecule has 9 heteroatoms. The number of amides is 2. The molecule has 1 aromatic carbocycles. The predicted molar refractivity (Wildman–Crippen MR) is 105 cm³/mol. The Morgan fingerprint density at radius 2 is 2.00 bits per heavy atom. The van der Waals surface area contributed by atoms with Gasteiger partial charge in [0, 0.05) is 16.9 Å². The Labute approximate surface area is 165 Å². The van der Waals surface area contributed by atoms with Crippen LogP contribution in [0.25, 0.3) is 0 Å². The number of rotatable bonds is 7. The van der Waals surface area contributed by atoms with E-state index >= 15 is 0 Å². The molecule has 148 valence electrons. The summed E-state index contributed by atoms with van der Waals surface area (Å²) >= 11 is 1.13. The van der Waals surface area contributed by atoms with E-state index in [-0.39, 0.29) is 23.3 Å². The first-order valence-corrected chi connectivity index (χ1v) is 9.80. The average molecular weight is 403 g/mol. The summed E-state index contributed by atoms with van der Waals surface area (Å²) in [5, 5.41) is 15.9. The number of hydrogen-bond donors (Lipinski definition) is 3. The van der Waals surface area contributed by atoms with Crippen molar-refractivity contribution in [2.24, 2.45) is 5.92 Å². The molecule has 2 amide bonds. The molecule has 1 fully saturated rings. The number of ketones is 1. The maximum atomic E-state index is 12.9. The highest BCUT2D eigenvalue weighted by Gasteiger charge is 2.26. The van der Waals surface area contributed by atoms with E-state index in [1.54, 1.807) is 23.6 Å². The normalized spacial score (nSPS) is 13.9. The molecule has 3 rings (SSSR count). The van der Waals surface area contributed by atoms with Gasteiger partial charge in [-0.05, 0) is 31.0 Å². The number of benzene rings is 1. The predicted octanol–water partition coefficient (Wildman–Crippen LogP) is 3.80. The van der Waals surface area contributed by atoms with Gasteiger partial charge in [-0.15, -0.1) is 11.3 Å². The lowest BCUT2D eigenvalue weighted by Gasteiger charge is -2.15. The van der Waals surface area contributed by atoms with Crippen molar-refractivity contribution >= 4 is 39.9 Å². The largest absolute Gasteiger partial charge is 0.497 e. The number of aromatic nitrogens is 1. The number of nitrogens with zero attached hydrogens (tertiary/aromatic N) is 1. The molecule has 0 unspecified atom stereocenters. The molecule has 1 aromatic heterocycles. The van der Waals surface area contributed by atoms with Gasteiger partial charge in [-0.25, -0.2) is 9.78 Å². The van der Waals surface area contributed by atoms with Gasteiger partial charge in [0.1, 0.15) is 5.75 Å². The monoisotopic (exact) mass is 403 g/mol. The summed E-state index contributed by atoms with van der Waals surface area (Å²) in [7, 11) is 1.52. The van der Waals surface area contributed by atoms with Crippen LogP contribution < -0.4 is 15.4 Å². The zero-order chi connectivity index (χ0) is 20.1. The molecule has 2 aromatic rings. The van der Waals surface area contributed by atoms with Gasteiger partial charge in [-0.2, -0.15) is 0 Å². The number of ether oxygens (including phenoxy) is 1. The Morgan fingerprint density at radius 1 is 1.25 bits per heavy atom. The molecule has 3 N–H and O–H groups in total. The van der Waals surface area contributed by atoms with Crippen molar-refractivity contribution in [3.63, 3.8) is 0 Å². The molecule has 0 bridgehead atoms. The topological polar surface area (TPSA) is 118 Å². The number of aliphatic carboxylic acids is 1. The number of hydrogen-bond acceptors (Lipinski definition) is 6. The average Bonchev–Trinajstić information content (AvgIpc) is 3.33. The highest BCUT2D eigenvalue weighted by Crippen LogP contribution is 2.32. The van der Waals surface area contributed by atoms with E-state index in [0.29, 0.717) is 22.7 Å². The fraction of sp³-hybridized carbons (Fsp3) is 0.368. The van der Waals surface area contributed by atoms with Crippen LogP contribution in [0.4, 0.5) is 15.6 Å². The molecule has 0 spiro atoms. The number of nitrogens with one attached hydrogen (secondary N) is 2. The number of carbonyl (C=O) groups is 3. The number of thiazole rings is 1. The van der Waals surface area contributed by atoms with Crippen LogP contribution in [0.5, 0.6) is 5.75 Å². The Hall–Kier alpha value is -2.94. The highest BCUT2D eigenvalue weighted by molar-refractivity contribution is 7.14. The first kappa shape index (κ1) is 19.8. The Morgan fingerprint density at radius 3 is 2.68 bits per heavy atom. The maximum absolute atomic E-state index is 12.9. The van der Waals surface area contributed by atoms with Crippen LogP contribution in [0.3, 0.4) is 0 Å². The third-order valence-electron chi connectivity index (χ3n) is 4.57. The summed E-state index contributed by atoms with van der Waals surface area (Å²) in [6.45, 7) is 0. The van der Waals surface area contributed by atoms with Crippen molar-refractivity contribution in [1.82, 2.24) is 4.98 Å². The van der Waals surface area contributed by atoms with E-state index in [1.165, 1.54) is 7.11 Å². The second-order valence-corrected chi connectivity index (χ2v) is 7.41. The van der Waals surface area contributed by atoms with Crippen molar-refractivity contribution in [2.75, 3.05) is 17.7 Å². The molecular formula is C19H21N3O5S. The summed E-state index contributed by atoms with van der Waals surface area (Å²) in [4.78, 5) is 40.0. The van der Waals surface area contributed by atoms with E-state index in [1.807, 2.05) is 0 Å². The summed E-state index contributed by atoms with van der Waals surface area (Å²) in [6, 6.07) is 4.40. The number of carboxylic acids is 1. The minimum atomic E-state index is -0.991. The summed E-state index contributed by atoms with van der Waals surface area (Å²) in [5.74, 6) is -0.474. The SMILES string of the molecule is COc1ccc(NC(=O)Nc2nc(CC(=O)O)cs2)c(C(=O)C2CCCC2)c1. The zero-order valence-corrected chi connectivity index (χ0v) is 16.2. The molecular weight excluding hydrogens is 382 g/mol. The first-order chi connectivity index (χ1) is 13.5. The first-order valence-electron chi connectivity index (χ1n) is 8.92. The molecule has 1 saturated carbocycles. The van der Waals surface area contributed by atoms with Crippen molar-refractivity contribution in [1.29, 1.82) is 0 Å². The van der Waals surface area contributed by atoms with Crippen LogP contribution in [0, 0.1) is 5.92 Å². The lowest BCUT2D eigenvalue weighted by Crippen LogP contribution is -2.22. The van der Waals surface area contributed by atoms with Crippen molar-refractivity contribution < 1.29 is 24.2 Å². The second-order valence-electron chi connectivity index (χ2n) is 6.55. The van der Waals surface area contributed by atoms with Crippen molar-refractivity contribution in [3.8, 4) is 5.75 Å². The van der Waals surface area contributed by atoms with Crippen LogP contribution in [0.15, 0.2) is 23.6 Å². The minimum absolute atomic E-state index is 0.00435. The van der Waals surface area contributed by atoms with Gasteiger partial charge in [0.2, 0.25) is 0 Å². The number of carbonyl (C=O) groups excluding carboxylic acids is 2. The number of urea groups is 1. The molecule has 28 heavy (non-hydrogen) atoms. The smallest absolute Gasteiger partial charge is 0.325 e. The van der Waals surface area contributed by atoms with Gasteiger partial charge in [0.25, 0.3) is 0 Å². The van der Waals surface area contributed by atoms with E-state index in [0.717, 1.165) is 37.0 Å². The van der Waals surface area contributed by atoms with Crippen LogP contribution in [-0.4, -0.2) is 35.0 Å². The summed E-state index contributed by atoms with van der Waals surface area (Å²) in [5.41, 5.74) is 1.19. The van der Waals surface area contributed by atoms with Gasteiger partial charge in [0.15, 0.2) is 10.9 Å². The van der Waals surface area contributed by atoms with Gasteiger partial charge in [-0.3, -0.25) is 14.9 Å². The fourth-order valence-corrected chi connectivity index (χ4v) is 3.93. The van der Waals surface area contributed by atoms with Crippen LogP contribution in [-0.2, 0) is 11.2 Å². The number of Topliss-reactive ketones (excluding diaryl/α,β-unsaturated/α-hetero) is 1. The third kappa shape index (κ3) is 4.86. The minimum Gasteiger partial charge on any atom is -0.497 e. The number of anilines is 2. The van der Waals surface area contributed by atoms with Crippen molar-refractivity contribution in [3.05, 3.63) is 34.8 Å². The van der Waals surface area contributed by atoms with Gasteiger partial charge in [-0.1, -0.05) is 12.8 Å². The highest BCUT2D eigenvalue weighted by atomic mass is 32.1. The number of methoxy groups -OCH3 is 1.